The highest BCUT2D eigenvalue weighted by Crippen LogP contribution is 2.30. The van der Waals surface area contributed by atoms with Gasteiger partial charge in [-0.2, -0.15) is 0 Å². The summed E-state index contributed by atoms with van der Waals surface area (Å²) in [4.78, 5) is 29.1. The summed E-state index contributed by atoms with van der Waals surface area (Å²) in [6.45, 7) is 1.76. The van der Waals surface area contributed by atoms with Gasteiger partial charge in [-0.15, -0.1) is 0 Å². The van der Waals surface area contributed by atoms with E-state index in [1.165, 1.54) is 9.80 Å². The first-order valence-corrected chi connectivity index (χ1v) is 7.44. The smallest absolute Gasteiger partial charge is 0.327 e. The monoisotopic (exact) mass is 337 g/mol. The molecule has 2 saturated heterocycles. The van der Waals surface area contributed by atoms with Crippen LogP contribution in [0.1, 0.15) is 6.42 Å². The van der Waals surface area contributed by atoms with Crippen LogP contribution in [0, 0.1) is 0 Å². The lowest BCUT2D eigenvalue weighted by atomic mass is 10.2. The van der Waals surface area contributed by atoms with Crippen molar-refractivity contribution in [2.24, 2.45) is 0 Å². The number of likely N-dealkylation sites (N-methyl/N-ethyl adjacent to an activating group) is 1. The highest BCUT2D eigenvalue weighted by atomic mass is 79.9. The van der Waals surface area contributed by atoms with Gasteiger partial charge >= 0.3 is 6.03 Å². The van der Waals surface area contributed by atoms with Gasteiger partial charge in [0.05, 0.1) is 11.7 Å². The zero-order valence-corrected chi connectivity index (χ0v) is 12.8. The molecular weight excluding hydrogens is 322 g/mol. The minimum absolute atomic E-state index is 0.0212. The van der Waals surface area contributed by atoms with Gasteiger partial charge < -0.3 is 9.80 Å². The average Bonchev–Trinajstić information content (AvgIpc) is 2.96. The molecule has 5 nitrogen and oxygen atoms in total. The van der Waals surface area contributed by atoms with E-state index in [4.69, 9.17) is 0 Å². The van der Waals surface area contributed by atoms with Gasteiger partial charge in [-0.1, -0.05) is 12.1 Å². The number of urea groups is 1. The quantitative estimate of drug-likeness (QED) is 0.774. The predicted molar refractivity (Wildman–Crippen MR) is 79.6 cm³/mol. The molecule has 106 valence electrons. The fourth-order valence-electron chi connectivity index (χ4n) is 2.88. The Kier molecular flexibility index (Phi) is 3.41. The number of hydrogen-bond donors (Lipinski definition) is 0. The molecule has 0 aliphatic carbocycles. The number of imide groups is 1. The first-order valence-electron chi connectivity index (χ1n) is 6.64. The number of anilines is 1. The number of hydrogen-bond acceptors (Lipinski definition) is 3. The molecule has 2 heterocycles. The number of nitrogens with zero attached hydrogens (tertiary/aromatic N) is 3. The van der Waals surface area contributed by atoms with Crippen LogP contribution < -0.4 is 4.90 Å². The summed E-state index contributed by atoms with van der Waals surface area (Å²) in [5, 5.41) is 0. The SMILES string of the molecule is CN1CC(=O)N(C2CCN(c3ccccc3Br)C2)C1=O. The normalized spacial score (nSPS) is 23.1. The Labute approximate surface area is 126 Å². The van der Waals surface area contributed by atoms with Crippen LogP contribution in [0.3, 0.4) is 0 Å². The molecule has 6 heteroatoms. The maximum atomic E-state index is 12.0. The fourth-order valence-corrected chi connectivity index (χ4v) is 3.41. The van der Waals surface area contributed by atoms with E-state index in [1.54, 1.807) is 7.05 Å². The van der Waals surface area contributed by atoms with Crippen molar-refractivity contribution < 1.29 is 9.59 Å². The summed E-state index contributed by atoms with van der Waals surface area (Å²) in [6, 6.07) is 7.83. The molecule has 0 spiro atoms. The molecule has 2 aliphatic rings. The number of para-hydroxylation sites is 1. The molecule has 2 aliphatic heterocycles. The van der Waals surface area contributed by atoms with E-state index >= 15 is 0 Å². The second-order valence-corrected chi connectivity index (χ2v) is 6.10. The van der Waals surface area contributed by atoms with Crippen LogP contribution >= 0.6 is 15.9 Å². The van der Waals surface area contributed by atoms with Crippen LogP contribution in [-0.2, 0) is 4.79 Å². The Morgan fingerprint density at radius 2 is 2.00 bits per heavy atom. The van der Waals surface area contributed by atoms with Crippen LogP contribution in [0.25, 0.3) is 0 Å². The van der Waals surface area contributed by atoms with Gasteiger partial charge in [-0.3, -0.25) is 9.69 Å². The summed E-state index contributed by atoms with van der Waals surface area (Å²) in [7, 11) is 1.67. The van der Waals surface area contributed by atoms with E-state index in [1.807, 2.05) is 24.3 Å². The highest BCUT2D eigenvalue weighted by Gasteiger charge is 2.41. The number of halogens is 1. The Balaban J connectivity index is 1.76. The molecule has 1 unspecified atom stereocenters. The molecule has 0 saturated carbocycles. The zero-order chi connectivity index (χ0) is 14.3. The number of rotatable bonds is 2. The molecular formula is C14H16BrN3O2. The average molecular weight is 338 g/mol. The molecule has 0 N–H and O–H groups in total. The van der Waals surface area contributed by atoms with Gasteiger partial charge in [0, 0.05) is 24.6 Å². The van der Waals surface area contributed by atoms with Crippen LogP contribution in [0.4, 0.5) is 10.5 Å². The van der Waals surface area contributed by atoms with Crippen molar-refractivity contribution in [3.05, 3.63) is 28.7 Å². The number of carbonyl (C=O) groups excluding carboxylic acids is 2. The predicted octanol–water partition coefficient (Wildman–Crippen LogP) is 1.92. The summed E-state index contributed by atoms with van der Waals surface area (Å²) in [6.07, 6.45) is 0.826. The van der Waals surface area contributed by atoms with Gasteiger partial charge in [0.15, 0.2) is 0 Å². The van der Waals surface area contributed by atoms with Crippen molar-refractivity contribution in [2.75, 3.05) is 31.6 Å². The molecule has 2 fully saturated rings. The third-order valence-electron chi connectivity index (χ3n) is 3.90. The van der Waals surface area contributed by atoms with Crippen LogP contribution in [0.15, 0.2) is 28.7 Å². The Hall–Kier alpha value is -1.56. The van der Waals surface area contributed by atoms with Crippen molar-refractivity contribution in [3.63, 3.8) is 0 Å². The molecule has 20 heavy (non-hydrogen) atoms. The van der Waals surface area contributed by atoms with E-state index in [-0.39, 0.29) is 24.5 Å². The molecule has 3 amide bonds. The Morgan fingerprint density at radius 1 is 1.25 bits per heavy atom. The third kappa shape index (κ3) is 2.18. The second-order valence-electron chi connectivity index (χ2n) is 5.24. The van der Waals surface area contributed by atoms with E-state index < -0.39 is 0 Å². The second kappa shape index (κ2) is 5.09. The molecule has 3 rings (SSSR count). The summed E-state index contributed by atoms with van der Waals surface area (Å²) in [5.41, 5.74) is 1.11. The van der Waals surface area contributed by atoms with Gasteiger partial charge in [0.1, 0.15) is 6.54 Å². The van der Waals surface area contributed by atoms with Crippen molar-refractivity contribution in [1.82, 2.24) is 9.80 Å². The summed E-state index contributed by atoms with van der Waals surface area (Å²) >= 11 is 3.55. The Bertz CT molecular complexity index is 563. The molecule has 1 atom stereocenters. The minimum Gasteiger partial charge on any atom is -0.368 e. The molecule has 1 aromatic carbocycles. The van der Waals surface area contributed by atoms with Gasteiger partial charge in [0.25, 0.3) is 5.91 Å². The van der Waals surface area contributed by atoms with Crippen molar-refractivity contribution in [2.45, 2.75) is 12.5 Å². The van der Waals surface area contributed by atoms with E-state index in [0.29, 0.717) is 6.54 Å². The summed E-state index contributed by atoms with van der Waals surface area (Å²) < 4.78 is 1.04. The van der Waals surface area contributed by atoms with E-state index in [9.17, 15) is 9.59 Å². The van der Waals surface area contributed by atoms with E-state index in [0.717, 1.165) is 23.1 Å². The van der Waals surface area contributed by atoms with Crippen LogP contribution in [0.5, 0.6) is 0 Å². The maximum Gasteiger partial charge on any atom is 0.327 e. The number of carbonyl (C=O) groups is 2. The molecule has 0 bridgehead atoms. The largest absolute Gasteiger partial charge is 0.368 e. The van der Waals surface area contributed by atoms with Crippen LogP contribution in [-0.4, -0.2) is 54.5 Å². The molecule has 0 radical (unpaired) electrons. The van der Waals surface area contributed by atoms with Crippen molar-refractivity contribution >= 4 is 33.6 Å². The number of amides is 3. The summed E-state index contributed by atoms with van der Waals surface area (Å²) in [5.74, 6) is -0.0866. The zero-order valence-electron chi connectivity index (χ0n) is 11.3. The topological polar surface area (TPSA) is 43.9 Å². The highest BCUT2D eigenvalue weighted by molar-refractivity contribution is 9.10. The molecule has 1 aromatic rings. The van der Waals surface area contributed by atoms with E-state index in [2.05, 4.69) is 20.8 Å². The van der Waals surface area contributed by atoms with Gasteiger partial charge in [-0.05, 0) is 34.5 Å². The minimum atomic E-state index is -0.172. The molecule has 0 aromatic heterocycles. The van der Waals surface area contributed by atoms with Crippen molar-refractivity contribution in [1.29, 1.82) is 0 Å². The lowest BCUT2D eigenvalue weighted by Gasteiger charge is -2.23. The maximum absolute atomic E-state index is 12.0. The number of benzene rings is 1. The van der Waals surface area contributed by atoms with Crippen LogP contribution in [0.2, 0.25) is 0 Å². The van der Waals surface area contributed by atoms with Gasteiger partial charge in [0.2, 0.25) is 0 Å². The van der Waals surface area contributed by atoms with Crippen molar-refractivity contribution in [3.8, 4) is 0 Å². The lowest BCUT2D eigenvalue weighted by Crippen LogP contribution is -2.42. The Morgan fingerprint density at radius 3 is 2.65 bits per heavy atom. The fraction of sp³-hybridized carbons (Fsp3) is 0.429. The first kappa shape index (κ1) is 13.4. The standard InChI is InChI=1S/C14H16BrN3O2/c1-16-9-13(19)18(14(16)20)10-6-7-17(8-10)12-5-3-2-4-11(12)15/h2-5,10H,6-9H2,1H3. The first-order chi connectivity index (χ1) is 9.58. The third-order valence-corrected chi connectivity index (χ3v) is 4.57. The lowest BCUT2D eigenvalue weighted by molar-refractivity contribution is -0.126. The van der Waals surface area contributed by atoms with Gasteiger partial charge in [-0.25, -0.2) is 4.79 Å².